The van der Waals surface area contributed by atoms with Crippen LogP contribution in [0, 0.1) is 0 Å². The SMILES string of the molecule is O=C(O)c1ccc(C(=O)OCc2cc(=O)n3ccsc3n2)nc1. The molecule has 9 heteroatoms. The zero-order valence-corrected chi connectivity index (χ0v) is 12.3. The summed E-state index contributed by atoms with van der Waals surface area (Å²) in [5.41, 5.74) is 0.0162. The maximum Gasteiger partial charge on any atom is 0.357 e. The maximum absolute atomic E-state index is 11.9. The van der Waals surface area contributed by atoms with Gasteiger partial charge in [0, 0.05) is 23.8 Å². The van der Waals surface area contributed by atoms with Crippen molar-refractivity contribution in [2.24, 2.45) is 0 Å². The number of aromatic carboxylic acids is 1. The molecule has 0 aliphatic carbocycles. The summed E-state index contributed by atoms with van der Waals surface area (Å²) < 4.78 is 6.43. The molecule has 0 atom stereocenters. The number of hydrogen-bond donors (Lipinski definition) is 1. The van der Waals surface area contributed by atoms with Crippen molar-refractivity contribution in [3.8, 4) is 0 Å². The number of esters is 1. The molecule has 0 aromatic carbocycles. The molecule has 0 aliphatic rings. The molecule has 0 unspecified atom stereocenters. The average molecular weight is 331 g/mol. The van der Waals surface area contributed by atoms with Gasteiger partial charge in [0.15, 0.2) is 4.96 Å². The van der Waals surface area contributed by atoms with Crippen LogP contribution in [0.25, 0.3) is 4.96 Å². The molecular formula is C14H9N3O5S. The number of ether oxygens (including phenoxy) is 1. The molecule has 0 radical (unpaired) electrons. The van der Waals surface area contributed by atoms with Crippen LogP contribution < -0.4 is 5.56 Å². The Morgan fingerprint density at radius 1 is 1.35 bits per heavy atom. The number of carbonyl (C=O) groups is 2. The van der Waals surface area contributed by atoms with E-state index < -0.39 is 11.9 Å². The zero-order valence-electron chi connectivity index (χ0n) is 11.5. The van der Waals surface area contributed by atoms with E-state index in [1.54, 1.807) is 11.6 Å². The Morgan fingerprint density at radius 2 is 2.17 bits per heavy atom. The van der Waals surface area contributed by atoms with Gasteiger partial charge in [-0.15, -0.1) is 11.3 Å². The number of rotatable bonds is 4. The van der Waals surface area contributed by atoms with Crippen molar-refractivity contribution in [2.45, 2.75) is 6.61 Å². The zero-order chi connectivity index (χ0) is 16.4. The molecule has 3 heterocycles. The number of carboxylic acid groups (broad SMARTS) is 1. The van der Waals surface area contributed by atoms with Crippen LogP contribution in [0.3, 0.4) is 0 Å². The van der Waals surface area contributed by atoms with Gasteiger partial charge in [-0.1, -0.05) is 0 Å². The lowest BCUT2D eigenvalue weighted by Crippen LogP contribution is -2.15. The van der Waals surface area contributed by atoms with Gasteiger partial charge in [-0.25, -0.2) is 19.6 Å². The third-order valence-corrected chi connectivity index (χ3v) is 3.68. The molecule has 8 nitrogen and oxygen atoms in total. The number of thiazole rings is 1. The highest BCUT2D eigenvalue weighted by molar-refractivity contribution is 7.15. The first-order chi connectivity index (χ1) is 11.0. The van der Waals surface area contributed by atoms with Crippen LogP contribution >= 0.6 is 11.3 Å². The van der Waals surface area contributed by atoms with Crippen molar-refractivity contribution < 1.29 is 19.4 Å². The Morgan fingerprint density at radius 3 is 2.87 bits per heavy atom. The molecule has 0 fully saturated rings. The van der Waals surface area contributed by atoms with Crippen LogP contribution in [0.1, 0.15) is 26.5 Å². The van der Waals surface area contributed by atoms with E-state index in [4.69, 9.17) is 9.84 Å². The van der Waals surface area contributed by atoms with Crippen LogP contribution in [-0.2, 0) is 11.3 Å². The molecule has 23 heavy (non-hydrogen) atoms. The van der Waals surface area contributed by atoms with E-state index >= 15 is 0 Å². The Labute approximate surface area is 132 Å². The molecule has 116 valence electrons. The number of hydrogen-bond acceptors (Lipinski definition) is 7. The molecule has 0 saturated heterocycles. The molecule has 3 aromatic heterocycles. The summed E-state index contributed by atoms with van der Waals surface area (Å²) in [6, 6.07) is 3.80. The van der Waals surface area contributed by atoms with E-state index in [1.165, 1.54) is 33.9 Å². The number of fused-ring (bicyclic) bond motifs is 1. The highest BCUT2D eigenvalue weighted by Crippen LogP contribution is 2.08. The van der Waals surface area contributed by atoms with Gasteiger partial charge in [-0.05, 0) is 12.1 Å². The Hall–Kier alpha value is -3.07. The maximum atomic E-state index is 11.9. The first-order valence-corrected chi connectivity index (χ1v) is 7.25. The summed E-state index contributed by atoms with van der Waals surface area (Å²) in [5, 5.41) is 10.5. The molecular weight excluding hydrogens is 322 g/mol. The highest BCUT2D eigenvalue weighted by atomic mass is 32.1. The number of nitrogens with zero attached hydrogens (tertiary/aromatic N) is 3. The van der Waals surface area contributed by atoms with Gasteiger partial charge in [0.25, 0.3) is 5.56 Å². The van der Waals surface area contributed by atoms with E-state index in [0.29, 0.717) is 10.7 Å². The van der Waals surface area contributed by atoms with Crippen LogP contribution in [0.2, 0.25) is 0 Å². The molecule has 0 spiro atoms. The summed E-state index contributed by atoms with van der Waals surface area (Å²) in [6.07, 6.45) is 2.68. The predicted octanol–water partition coefficient (Wildman–Crippen LogP) is 1.21. The first kappa shape index (κ1) is 14.9. The third-order valence-electron chi connectivity index (χ3n) is 2.93. The minimum Gasteiger partial charge on any atom is -0.478 e. The van der Waals surface area contributed by atoms with Crippen LogP contribution in [0.5, 0.6) is 0 Å². The normalized spacial score (nSPS) is 10.6. The number of pyridine rings is 1. The Bertz CT molecular complexity index is 945. The fraction of sp³-hybridized carbons (Fsp3) is 0.0714. The highest BCUT2D eigenvalue weighted by Gasteiger charge is 2.12. The Balaban J connectivity index is 1.72. The van der Waals surface area contributed by atoms with E-state index in [1.807, 2.05) is 0 Å². The summed E-state index contributed by atoms with van der Waals surface area (Å²) >= 11 is 1.29. The van der Waals surface area contributed by atoms with Crippen molar-refractivity contribution in [1.29, 1.82) is 0 Å². The van der Waals surface area contributed by atoms with Gasteiger partial charge in [-0.2, -0.15) is 0 Å². The van der Waals surface area contributed by atoms with Gasteiger partial charge in [0.05, 0.1) is 11.3 Å². The number of carbonyl (C=O) groups excluding carboxylic acids is 1. The molecule has 3 rings (SSSR count). The van der Waals surface area contributed by atoms with E-state index in [0.717, 1.165) is 6.20 Å². The molecule has 3 aromatic rings. The average Bonchev–Trinajstić information content (AvgIpc) is 3.02. The van der Waals surface area contributed by atoms with Gasteiger partial charge >= 0.3 is 11.9 Å². The fourth-order valence-electron chi connectivity index (χ4n) is 1.82. The quantitative estimate of drug-likeness (QED) is 0.715. The van der Waals surface area contributed by atoms with Crippen LogP contribution in [0.4, 0.5) is 0 Å². The lowest BCUT2D eigenvalue weighted by molar-refractivity contribution is 0.0459. The Kier molecular flexibility index (Phi) is 3.85. The van der Waals surface area contributed by atoms with Gasteiger partial charge in [0.2, 0.25) is 0 Å². The number of carboxylic acids is 1. The van der Waals surface area contributed by atoms with E-state index in [2.05, 4.69) is 9.97 Å². The van der Waals surface area contributed by atoms with Gasteiger partial charge in [0.1, 0.15) is 12.3 Å². The van der Waals surface area contributed by atoms with E-state index in [-0.39, 0.29) is 23.4 Å². The van der Waals surface area contributed by atoms with Crippen molar-refractivity contribution in [3.63, 3.8) is 0 Å². The minimum atomic E-state index is -1.13. The lowest BCUT2D eigenvalue weighted by Gasteiger charge is -2.04. The predicted molar refractivity (Wildman–Crippen MR) is 79.7 cm³/mol. The second-order valence-electron chi connectivity index (χ2n) is 4.45. The first-order valence-electron chi connectivity index (χ1n) is 6.37. The summed E-state index contributed by atoms with van der Waals surface area (Å²) in [5.74, 6) is -1.86. The standard InChI is InChI=1S/C14H9N3O5S/c18-11-5-9(16-14-17(11)3-4-23-14)7-22-13(21)10-2-1-8(6-15-10)12(19)20/h1-6H,7H2,(H,19,20). The van der Waals surface area contributed by atoms with Crippen molar-refractivity contribution in [3.05, 3.63) is 63.3 Å². The third kappa shape index (κ3) is 3.09. The van der Waals surface area contributed by atoms with Gasteiger partial charge in [-0.3, -0.25) is 9.20 Å². The van der Waals surface area contributed by atoms with E-state index in [9.17, 15) is 14.4 Å². The monoisotopic (exact) mass is 331 g/mol. The number of aromatic nitrogens is 3. The molecule has 0 aliphatic heterocycles. The topological polar surface area (TPSA) is 111 Å². The largest absolute Gasteiger partial charge is 0.478 e. The second kappa shape index (κ2) is 5.97. The van der Waals surface area contributed by atoms with Crippen molar-refractivity contribution >= 4 is 28.2 Å². The van der Waals surface area contributed by atoms with Gasteiger partial charge < -0.3 is 9.84 Å². The lowest BCUT2D eigenvalue weighted by atomic mass is 10.2. The van der Waals surface area contributed by atoms with Crippen molar-refractivity contribution in [1.82, 2.24) is 14.4 Å². The molecule has 0 saturated carbocycles. The minimum absolute atomic E-state index is 0.0241. The summed E-state index contributed by atoms with van der Waals surface area (Å²) in [7, 11) is 0. The molecule has 0 amide bonds. The van der Waals surface area contributed by atoms with Crippen LogP contribution in [0.15, 0.2) is 40.8 Å². The van der Waals surface area contributed by atoms with Crippen LogP contribution in [-0.4, -0.2) is 31.4 Å². The summed E-state index contributed by atoms with van der Waals surface area (Å²) in [4.78, 5) is 42.8. The second-order valence-corrected chi connectivity index (χ2v) is 5.33. The summed E-state index contributed by atoms with van der Waals surface area (Å²) in [6.45, 7) is -0.176. The molecule has 0 bridgehead atoms. The molecule has 1 N–H and O–H groups in total. The van der Waals surface area contributed by atoms with Crippen molar-refractivity contribution in [2.75, 3.05) is 0 Å². The smallest absolute Gasteiger partial charge is 0.357 e. The fourth-order valence-corrected chi connectivity index (χ4v) is 2.55.